The Morgan fingerprint density at radius 1 is 1.16 bits per heavy atom. The normalized spacial score (nSPS) is 18.6. The van der Waals surface area contributed by atoms with Gasteiger partial charge < -0.3 is 10.6 Å². The topological polar surface area (TPSA) is 29.3 Å². The van der Waals surface area contributed by atoms with Crippen LogP contribution in [0, 0.1) is 17.0 Å². The molecule has 0 atom stereocenters. The average molecular weight is 268 g/mol. The van der Waals surface area contributed by atoms with Gasteiger partial charge in [0.05, 0.1) is 11.4 Å². The molecule has 1 heterocycles. The molecule has 2 nitrogen and oxygen atoms in total. The maximum atomic E-state index is 13.5. The number of nitrogen functional groups attached to an aromatic ring is 1. The molecule has 19 heavy (non-hydrogen) atoms. The Morgan fingerprint density at radius 2 is 1.74 bits per heavy atom. The van der Waals surface area contributed by atoms with Crippen molar-refractivity contribution >= 4 is 11.4 Å². The molecule has 106 valence electrons. The van der Waals surface area contributed by atoms with E-state index in [9.17, 15) is 8.78 Å². The number of hydrogen-bond donors (Lipinski definition) is 1. The van der Waals surface area contributed by atoms with E-state index in [4.69, 9.17) is 5.73 Å². The van der Waals surface area contributed by atoms with Crippen LogP contribution >= 0.6 is 0 Å². The van der Waals surface area contributed by atoms with E-state index in [2.05, 4.69) is 13.8 Å². The summed E-state index contributed by atoms with van der Waals surface area (Å²) in [7, 11) is 0. The van der Waals surface area contributed by atoms with Crippen LogP contribution in [-0.4, -0.2) is 13.1 Å². The molecule has 1 aromatic carbocycles. The Bertz CT molecular complexity index is 446. The van der Waals surface area contributed by atoms with Gasteiger partial charge in [-0.2, -0.15) is 0 Å². The van der Waals surface area contributed by atoms with Crippen molar-refractivity contribution < 1.29 is 8.78 Å². The van der Waals surface area contributed by atoms with Gasteiger partial charge >= 0.3 is 0 Å². The van der Waals surface area contributed by atoms with Gasteiger partial charge in [0.15, 0.2) is 5.82 Å². The standard InChI is InChI=1S/C15H22F2N2/c1-3-15(4-2)5-7-19(8-6-15)13-10-11(16)9-12(17)14(13)18/h9-10H,3-8,18H2,1-2H3. The van der Waals surface area contributed by atoms with Crippen LogP contribution in [0.5, 0.6) is 0 Å². The summed E-state index contributed by atoms with van der Waals surface area (Å²) in [4.78, 5) is 2.01. The summed E-state index contributed by atoms with van der Waals surface area (Å²) < 4.78 is 26.8. The van der Waals surface area contributed by atoms with E-state index in [1.165, 1.54) is 6.07 Å². The molecule has 0 saturated carbocycles. The van der Waals surface area contributed by atoms with Crippen molar-refractivity contribution in [2.45, 2.75) is 39.5 Å². The van der Waals surface area contributed by atoms with Crippen LogP contribution < -0.4 is 10.6 Å². The SMILES string of the molecule is CCC1(CC)CCN(c2cc(F)cc(F)c2N)CC1. The van der Waals surface area contributed by atoms with E-state index < -0.39 is 11.6 Å². The average Bonchev–Trinajstić information content (AvgIpc) is 2.43. The highest BCUT2D eigenvalue weighted by atomic mass is 19.1. The van der Waals surface area contributed by atoms with Crippen LogP contribution in [0.2, 0.25) is 0 Å². The van der Waals surface area contributed by atoms with Crippen molar-refractivity contribution in [3.8, 4) is 0 Å². The number of anilines is 2. The highest BCUT2D eigenvalue weighted by molar-refractivity contribution is 5.68. The van der Waals surface area contributed by atoms with Gasteiger partial charge in [-0.15, -0.1) is 0 Å². The van der Waals surface area contributed by atoms with Crippen LogP contribution in [0.15, 0.2) is 12.1 Å². The summed E-state index contributed by atoms with van der Waals surface area (Å²) in [5.41, 5.74) is 6.67. The van der Waals surface area contributed by atoms with Gasteiger partial charge in [0, 0.05) is 19.2 Å². The van der Waals surface area contributed by atoms with Crippen molar-refractivity contribution in [2.24, 2.45) is 5.41 Å². The smallest absolute Gasteiger partial charge is 0.151 e. The van der Waals surface area contributed by atoms with Gasteiger partial charge in [-0.05, 0) is 24.3 Å². The summed E-state index contributed by atoms with van der Waals surface area (Å²) >= 11 is 0. The molecular formula is C15H22F2N2. The molecule has 1 aliphatic heterocycles. The highest BCUT2D eigenvalue weighted by Gasteiger charge is 2.32. The van der Waals surface area contributed by atoms with Gasteiger partial charge in [-0.25, -0.2) is 8.78 Å². The highest BCUT2D eigenvalue weighted by Crippen LogP contribution is 2.40. The third kappa shape index (κ3) is 2.67. The minimum Gasteiger partial charge on any atom is -0.395 e. The first kappa shape index (κ1) is 14.1. The molecular weight excluding hydrogens is 246 g/mol. The number of benzene rings is 1. The largest absolute Gasteiger partial charge is 0.395 e. The fraction of sp³-hybridized carbons (Fsp3) is 0.600. The predicted molar refractivity (Wildman–Crippen MR) is 75.2 cm³/mol. The van der Waals surface area contributed by atoms with Crippen LogP contribution in [0.3, 0.4) is 0 Å². The van der Waals surface area contributed by atoms with Crippen molar-refractivity contribution in [1.29, 1.82) is 0 Å². The van der Waals surface area contributed by atoms with Crippen LogP contribution in [0.1, 0.15) is 39.5 Å². The number of nitrogens with zero attached hydrogens (tertiary/aromatic N) is 1. The lowest BCUT2D eigenvalue weighted by molar-refractivity contribution is 0.199. The fourth-order valence-corrected chi connectivity index (χ4v) is 3.01. The molecule has 0 amide bonds. The Labute approximate surface area is 113 Å². The van der Waals surface area contributed by atoms with Gasteiger partial charge in [0.2, 0.25) is 0 Å². The first-order valence-electron chi connectivity index (χ1n) is 7.01. The maximum Gasteiger partial charge on any atom is 0.151 e. The maximum absolute atomic E-state index is 13.5. The summed E-state index contributed by atoms with van der Waals surface area (Å²) in [5.74, 6) is -1.23. The molecule has 0 spiro atoms. The number of nitrogens with two attached hydrogens (primary N) is 1. The fourth-order valence-electron chi connectivity index (χ4n) is 3.01. The summed E-state index contributed by atoms with van der Waals surface area (Å²) in [6.45, 7) is 6.06. The zero-order chi connectivity index (χ0) is 14.0. The van der Waals surface area contributed by atoms with E-state index in [0.717, 1.165) is 44.8 Å². The third-order valence-corrected chi connectivity index (χ3v) is 4.74. The molecule has 0 aliphatic carbocycles. The number of hydrogen-bond acceptors (Lipinski definition) is 2. The molecule has 1 aliphatic rings. The van der Waals surface area contributed by atoms with Gasteiger partial charge in [0.25, 0.3) is 0 Å². The molecule has 0 aromatic heterocycles. The first-order valence-corrected chi connectivity index (χ1v) is 7.01. The van der Waals surface area contributed by atoms with E-state index in [0.29, 0.717) is 11.1 Å². The quantitative estimate of drug-likeness (QED) is 0.841. The van der Waals surface area contributed by atoms with E-state index in [1.807, 2.05) is 4.90 Å². The van der Waals surface area contributed by atoms with Crippen LogP contribution in [-0.2, 0) is 0 Å². The molecule has 1 saturated heterocycles. The zero-order valence-corrected chi connectivity index (χ0v) is 11.7. The van der Waals surface area contributed by atoms with Crippen molar-refractivity contribution in [2.75, 3.05) is 23.7 Å². The second-order valence-electron chi connectivity index (χ2n) is 5.51. The number of rotatable bonds is 3. The van der Waals surface area contributed by atoms with Crippen molar-refractivity contribution in [1.82, 2.24) is 0 Å². The number of halogens is 2. The Morgan fingerprint density at radius 3 is 2.26 bits per heavy atom. The Kier molecular flexibility index (Phi) is 3.97. The lowest BCUT2D eigenvalue weighted by Gasteiger charge is -2.42. The molecule has 0 radical (unpaired) electrons. The zero-order valence-electron chi connectivity index (χ0n) is 11.7. The second-order valence-corrected chi connectivity index (χ2v) is 5.51. The second kappa shape index (κ2) is 5.35. The van der Waals surface area contributed by atoms with E-state index in [1.54, 1.807) is 0 Å². The van der Waals surface area contributed by atoms with Crippen molar-refractivity contribution in [3.05, 3.63) is 23.8 Å². The van der Waals surface area contributed by atoms with Crippen LogP contribution in [0.25, 0.3) is 0 Å². The third-order valence-electron chi connectivity index (χ3n) is 4.74. The molecule has 2 rings (SSSR count). The van der Waals surface area contributed by atoms with E-state index in [-0.39, 0.29) is 5.69 Å². The molecule has 4 heteroatoms. The van der Waals surface area contributed by atoms with Gasteiger partial charge in [-0.1, -0.05) is 26.7 Å². The van der Waals surface area contributed by atoms with Crippen LogP contribution in [0.4, 0.5) is 20.2 Å². The molecule has 1 aromatic rings. The summed E-state index contributed by atoms with van der Waals surface area (Å²) in [6, 6.07) is 2.18. The van der Waals surface area contributed by atoms with E-state index >= 15 is 0 Å². The Balaban J connectivity index is 2.18. The summed E-state index contributed by atoms with van der Waals surface area (Å²) in [5, 5.41) is 0. The molecule has 2 N–H and O–H groups in total. The first-order chi connectivity index (χ1) is 9.01. The van der Waals surface area contributed by atoms with Gasteiger partial charge in [-0.3, -0.25) is 0 Å². The monoisotopic (exact) mass is 268 g/mol. The lowest BCUT2D eigenvalue weighted by Crippen LogP contribution is -2.40. The molecule has 0 unspecified atom stereocenters. The molecule has 0 bridgehead atoms. The lowest BCUT2D eigenvalue weighted by atomic mass is 9.74. The molecule has 1 fully saturated rings. The Hall–Kier alpha value is -1.32. The predicted octanol–water partition coefficient (Wildman–Crippen LogP) is 3.95. The minimum atomic E-state index is -0.669. The summed E-state index contributed by atoms with van der Waals surface area (Å²) in [6.07, 6.45) is 4.42. The van der Waals surface area contributed by atoms with Crippen molar-refractivity contribution in [3.63, 3.8) is 0 Å². The minimum absolute atomic E-state index is 0.0573. The number of piperidine rings is 1. The van der Waals surface area contributed by atoms with Gasteiger partial charge in [0.1, 0.15) is 5.82 Å².